The molecule has 3 heteroatoms. The van der Waals surface area contributed by atoms with Crippen molar-refractivity contribution in [2.24, 2.45) is 0 Å². The first-order chi connectivity index (χ1) is 14.6. The zero-order chi connectivity index (χ0) is 20.9. The molecule has 0 fully saturated rings. The van der Waals surface area contributed by atoms with E-state index in [9.17, 15) is 4.79 Å². The molecule has 0 saturated heterocycles. The molecule has 1 aliphatic carbocycles. The average molecular weight is 398 g/mol. The second kappa shape index (κ2) is 9.68. The van der Waals surface area contributed by atoms with Crippen LogP contribution in [0.3, 0.4) is 0 Å². The molecule has 1 heterocycles. The number of nitrogens with one attached hydrogen (secondary N) is 1. The second-order valence-corrected chi connectivity index (χ2v) is 8.96. The van der Waals surface area contributed by atoms with Crippen LogP contribution in [0, 0.1) is 0 Å². The number of benzene rings is 2. The molecule has 2 aromatic carbocycles. The minimum absolute atomic E-state index is 0.114. The smallest absolute Gasteiger partial charge is 0.223 e. The molecule has 1 radical (unpaired) electrons. The van der Waals surface area contributed by atoms with Crippen molar-refractivity contribution < 1.29 is 4.79 Å². The predicted molar refractivity (Wildman–Crippen MR) is 127 cm³/mol. The van der Waals surface area contributed by atoms with Crippen LogP contribution in [0.2, 0.25) is 0 Å². The molecule has 2 aliphatic rings. The van der Waals surface area contributed by atoms with E-state index in [1.807, 2.05) is 0 Å². The lowest BCUT2D eigenvalue weighted by Crippen LogP contribution is -2.44. The molecule has 0 saturated carbocycles. The molecule has 0 aromatic heterocycles. The van der Waals surface area contributed by atoms with Crippen LogP contribution < -0.4 is 5.32 Å². The van der Waals surface area contributed by atoms with Gasteiger partial charge in [0, 0.05) is 5.94 Å². The van der Waals surface area contributed by atoms with Gasteiger partial charge in [-0.15, -0.1) is 0 Å². The first kappa shape index (κ1) is 21.0. The fraction of sp³-hybridized carbons (Fsp3) is 0.444. The van der Waals surface area contributed by atoms with Crippen LogP contribution in [0.1, 0.15) is 72.4 Å². The highest BCUT2D eigenvalue weighted by molar-refractivity contribution is 6.38. The van der Waals surface area contributed by atoms with Crippen molar-refractivity contribution in [3.8, 4) is 0 Å². The van der Waals surface area contributed by atoms with Crippen LogP contribution in [0.5, 0.6) is 0 Å². The Labute approximate surface area is 182 Å². The predicted octanol–water partition coefficient (Wildman–Crippen LogP) is 5.21. The van der Waals surface area contributed by atoms with E-state index in [0.29, 0.717) is 6.42 Å². The maximum absolute atomic E-state index is 12.7. The van der Waals surface area contributed by atoms with Crippen molar-refractivity contribution >= 4 is 18.8 Å². The summed E-state index contributed by atoms with van der Waals surface area (Å²) >= 11 is 0. The lowest BCUT2D eigenvalue weighted by atomic mass is 9.57. The van der Waals surface area contributed by atoms with E-state index < -0.39 is 0 Å². The maximum atomic E-state index is 12.7. The lowest BCUT2D eigenvalue weighted by Gasteiger charge is -2.27. The number of allylic oxidation sites excluding steroid dienone is 1. The third kappa shape index (κ3) is 4.88. The number of carbonyl (C=O) groups is 1. The number of amides is 1. The number of unbranched alkanes of at least 4 members (excludes halogenated alkanes) is 2. The molecule has 30 heavy (non-hydrogen) atoms. The summed E-state index contributed by atoms with van der Waals surface area (Å²) in [5.41, 5.74) is 9.37. The molecule has 0 bridgehead atoms. The zero-order valence-electron chi connectivity index (χ0n) is 18.3. The van der Waals surface area contributed by atoms with E-state index in [0.717, 1.165) is 31.1 Å². The zero-order valence-corrected chi connectivity index (χ0v) is 18.3. The molecular weight excluding hydrogens is 365 g/mol. The van der Waals surface area contributed by atoms with Gasteiger partial charge in [-0.2, -0.15) is 0 Å². The summed E-state index contributed by atoms with van der Waals surface area (Å²) < 4.78 is 0. The number of aryl methyl sites for hydroxylation is 2. The highest BCUT2D eigenvalue weighted by Gasteiger charge is 2.23. The van der Waals surface area contributed by atoms with E-state index >= 15 is 0 Å². The molecule has 0 spiro atoms. The Balaban J connectivity index is 1.35. The van der Waals surface area contributed by atoms with Crippen molar-refractivity contribution in [3.63, 3.8) is 0 Å². The lowest BCUT2D eigenvalue weighted by molar-refractivity contribution is -0.120. The topological polar surface area (TPSA) is 29.1 Å². The molecule has 1 unspecified atom stereocenters. The van der Waals surface area contributed by atoms with Gasteiger partial charge in [-0.05, 0) is 77.5 Å². The van der Waals surface area contributed by atoms with Crippen LogP contribution in [0.15, 0.2) is 43.0 Å². The van der Waals surface area contributed by atoms with Gasteiger partial charge in [0.25, 0.3) is 0 Å². The van der Waals surface area contributed by atoms with Crippen molar-refractivity contribution in [3.05, 3.63) is 76.4 Å². The monoisotopic (exact) mass is 398 g/mol. The number of fused-ring (bicyclic) bond motifs is 2. The molecule has 1 atom stereocenters. The summed E-state index contributed by atoms with van der Waals surface area (Å²) in [6.45, 7) is 6.60. The van der Waals surface area contributed by atoms with E-state index in [1.54, 1.807) is 0 Å². The minimum Gasteiger partial charge on any atom is -0.361 e. The first-order valence-electron chi connectivity index (χ1n) is 11.7. The fourth-order valence-electron chi connectivity index (χ4n) is 4.99. The molecule has 155 valence electrons. The largest absolute Gasteiger partial charge is 0.361 e. The van der Waals surface area contributed by atoms with Crippen molar-refractivity contribution in [2.75, 3.05) is 0 Å². The maximum Gasteiger partial charge on any atom is 0.223 e. The van der Waals surface area contributed by atoms with E-state index in [2.05, 4.69) is 62.5 Å². The summed E-state index contributed by atoms with van der Waals surface area (Å²) in [4.78, 5) is 12.7. The first-order valence-corrected chi connectivity index (χ1v) is 11.7. The van der Waals surface area contributed by atoms with Crippen molar-refractivity contribution in [2.45, 2.75) is 77.0 Å². The molecule has 2 aromatic rings. The highest BCUT2D eigenvalue weighted by atomic mass is 16.1. The quantitative estimate of drug-likeness (QED) is 0.480. The van der Waals surface area contributed by atoms with E-state index in [-0.39, 0.29) is 11.8 Å². The van der Waals surface area contributed by atoms with Gasteiger partial charge < -0.3 is 5.32 Å². The molecular formula is C27H33BNO. The Morgan fingerprint density at radius 3 is 2.87 bits per heavy atom. The Morgan fingerprint density at radius 2 is 2.00 bits per heavy atom. The Kier molecular flexibility index (Phi) is 6.77. The molecule has 4 rings (SSSR count). The molecule has 1 aliphatic heterocycles. The van der Waals surface area contributed by atoms with Gasteiger partial charge >= 0.3 is 0 Å². The van der Waals surface area contributed by atoms with E-state index in [1.165, 1.54) is 65.5 Å². The third-order valence-corrected chi connectivity index (χ3v) is 6.66. The van der Waals surface area contributed by atoms with Gasteiger partial charge in [-0.1, -0.05) is 69.1 Å². The Hall–Kier alpha value is -2.29. The van der Waals surface area contributed by atoms with Crippen LogP contribution in [0.4, 0.5) is 0 Å². The van der Waals surface area contributed by atoms with Gasteiger partial charge in [-0.25, -0.2) is 0 Å². The molecule has 1 N–H and O–H groups in total. The molecule has 2 nitrogen and oxygen atoms in total. The normalized spacial score (nSPS) is 17.0. The summed E-state index contributed by atoms with van der Waals surface area (Å²) in [7, 11) is 2.27. The van der Waals surface area contributed by atoms with Gasteiger partial charge in [0.1, 0.15) is 7.28 Å². The average Bonchev–Trinajstić information content (AvgIpc) is 3.21. The van der Waals surface area contributed by atoms with Crippen LogP contribution >= 0.6 is 0 Å². The number of hydrogen-bond donors (Lipinski definition) is 1. The van der Waals surface area contributed by atoms with E-state index in [4.69, 9.17) is 0 Å². The number of hydrogen-bond acceptors (Lipinski definition) is 1. The van der Waals surface area contributed by atoms with Gasteiger partial charge in [-0.3, -0.25) is 4.79 Å². The summed E-state index contributed by atoms with van der Waals surface area (Å²) in [6, 6.07) is 13.1. The minimum atomic E-state index is 0.114. The van der Waals surface area contributed by atoms with Crippen molar-refractivity contribution in [1.29, 1.82) is 0 Å². The Morgan fingerprint density at radius 1 is 1.13 bits per heavy atom. The number of carbonyl (C=O) groups excluding carboxylic acids is 1. The standard InChI is InChI=1S/C27H33BNO/c1-3-4-5-8-19(2)24-12-7-11-23-17-26(28-18-25(23)24)29-27(30)16-20-13-14-21-9-6-10-22(21)15-20/h7,11-15,26H,2-6,8-10,16-18H2,1H3,(H,29,30). The van der Waals surface area contributed by atoms with Crippen LogP contribution in [-0.4, -0.2) is 19.1 Å². The van der Waals surface area contributed by atoms with Crippen LogP contribution in [0.25, 0.3) is 5.57 Å². The summed E-state index contributed by atoms with van der Waals surface area (Å²) in [5, 5.41) is 3.25. The number of rotatable bonds is 8. The SMILES string of the molecule is C=C(CCCCC)c1cccc2c1C[B]C(NC(=O)Cc1ccc3c(c1)CCC3)C2. The molecule has 1 amide bonds. The summed E-state index contributed by atoms with van der Waals surface area (Å²) in [5.74, 6) is 0.237. The Bertz CT molecular complexity index is 932. The highest BCUT2D eigenvalue weighted by Crippen LogP contribution is 2.29. The van der Waals surface area contributed by atoms with Crippen LogP contribution in [-0.2, 0) is 36.8 Å². The fourth-order valence-corrected chi connectivity index (χ4v) is 4.99. The van der Waals surface area contributed by atoms with Gasteiger partial charge in [0.05, 0.1) is 6.42 Å². The second-order valence-electron chi connectivity index (χ2n) is 8.96. The third-order valence-electron chi connectivity index (χ3n) is 6.66. The van der Waals surface area contributed by atoms with Gasteiger partial charge in [0.2, 0.25) is 5.91 Å². The summed E-state index contributed by atoms with van der Waals surface area (Å²) in [6.07, 6.45) is 10.6. The van der Waals surface area contributed by atoms with Crippen molar-refractivity contribution in [1.82, 2.24) is 5.32 Å². The van der Waals surface area contributed by atoms with Gasteiger partial charge in [0.15, 0.2) is 0 Å².